The fourth-order valence-electron chi connectivity index (χ4n) is 1.78. The molecule has 0 saturated heterocycles. The fraction of sp³-hybridized carbons (Fsp3) is 0.143. The Kier molecular flexibility index (Phi) is 2.65. The molecule has 0 aliphatic rings. The molecule has 0 bridgehead atoms. The lowest BCUT2D eigenvalue weighted by Gasteiger charge is -2.09. The highest BCUT2D eigenvalue weighted by Crippen LogP contribution is 2.31. The van der Waals surface area contributed by atoms with Gasteiger partial charge in [-0.1, -0.05) is 24.3 Å². The molecule has 0 fully saturated rings. The van der Waals surface area contributed by atoms with Gasteiger partial charge in [-0.25, -0.2) is 4.39 Å². The molecule has 1 N–H and O–H groups in total. The van der Waals surface area contributed by atoms with Crippen molar-refractivity contribution < 1.29 is 9.50 Å². The Balaban J connectivity index is 2.57. The number of aromatic hydroxyl groups is 1. The molecule has 1 nitrogen and oxygen atoms in total. The van der Waals surface area contributed by atoms with Gasteiger partial charge in [0.2, 0.25) is 0 Å². The van der Waals surface area contributed by atoms with Crippen molar-refractivity contribution in [2.24, 2.45) is 0 Å². The molecule has 2 aromatic carbocycles. The van der Waals surface area contributed by atoms with E-state index >= 15 is 0 Å². The highest BCUT2D eigenvalue weighted by Gasteiger charge is 2.07. The van der Waals surface area contributed by atoms with Crippen LogP contribution in [-0.4, -0.2) is 5.11 Å². The van der Waals surface area contributed by atoms with E-state index in [1.54, 1.807) is 12.1 Å². The summed E-state index contributed by atoms with van der Waals surface area (Å²) >= 11 is 0. The van der Waals surface area contributed by atoms with Crippen LogP contribution in [0.3, 0.4) is 0 Å². The maximum absolute atomic E-state index is 12.8. The predicted octanol–water partition coefficient (Wildman–Crippen LogP) is 3.82. The fourth-order valence-corrected chi connectivity index (χ4v) is 1.78. The maximum Gasteiger partial charge on any atom is 0.123 e. The minimum atomic E-state index is -0.252. The number of phenols is 1. The van der Waals surface area contributed by atoms with E-state index in [0.29, 0.717) is 5.75 Å². The average Bonchev–Trinajstić information content (AvgIpc) is 2.28. The van der Waals surface area contributed by atoms with E-state index in [0.717, 1.165) is 22.3 Å². The Bertz CT molecular complexity index is 515. The van der Waals surface area contributed by atoms with Gasteiger partial charge < -0.3 is 5.11 Å². The molecule has 2 heteroatoms. The third-order valence-electron chi connectivity index (χ3n) is 2.79. The van der Waals surface area contributed by atoms with Crippen LogP contribution >= 0.6 is 0 Å². The zero-order valence-corrected chi connectivity index (χ0v) is 9.29. The van der Waals surface area contributed by atoms with Crippen LogP contribution in [0, 0.1) is 19.7 Å². The lowest BCUT2D eigenvalue weighted by molar-refractivity contribution is 0.467. The van der Waals surface area contributed by atoms with Gasteiger partial charge in [-0.05, 0) is 48.2 Å². The Labute approximate surface area is 94.2 Å². The molecule has 0 spiro atoms. The number of hydrogen-bond acceptors (Lipinski definition) is 1. The van der Waals surface area contributed by atoms with Crippen molar-refractivity contribution >= 4 is 0 Å². The number of benzene rings is 2. The zero-order valence-electron chi connectivity index (χ0n) is 9.29. The average molecular weight is 216 g/mol. The SMILES string of the molecule is Cc1ccc(-c2ccc(F)cc2)c(C)c1O. The molecule has 2 aromatic rings. The van der Waals surface area contributed by atoms with Gasteiger partial charge in [-0.15, -0.1) is 0 Å². The molecule has 0 heterocycles. The molecule has 82 valence electrons. The summed E-state index contributed by atoms with van der Waals surface area (Å²) in [6.45, 7) is 3.72. The quantitative estimate of drug-likeness (QED) is 0.768. The second kappa shape index (κ2) is 3.97. The molecule has 0 atom stereocenters. The standard InChI is InChI=1S/C14H13FO/c1-9-3-8-13(10(2)14(9)16)11-4-6-12(15)7-5-11/h3-8,16H,1-2H3. The number of rotatable bonds is 1. The van der Waals surface area contributed by atoms with Crippen LogP contribution in [-0.2, 0) is 0 Å². The Hall–Kier alpha value is -1.83. The van der Waals surface area contributed by atoms with E-state index in [9.17, 15) is 9.50 Å². The van der Waals surface area contributed by atoms with Gasteiger partial charge in [-0.3, -0.25) is 0 Å². The Morgan fingerprint density at radius 1 is 0.938 bits per heavy atom. The number of halogens is 1. The first-order valence-corrected chi connectivity index (χ1v) is 5.14. The number of hydrogen-bond donors (Lipinski definition) is 1. The summed E-state index contributed by atoms with van der Waals surface area (Å²) < 4.78 is 12.8. The molecule has 0 radical (unpaired) electrons. The first-order valence-electron chi connectivity index (χ1n) is 5.14. The van der Waals surface area contributed by atoms with E-state index in [-0.39, 0.29) is 5.82 Å². The van der Waals surface area contributed by atoms with Crippen LogP contribution in [0.2, 0.25) is 0 Å². The van der Waals surface area contributed by atoms with Gasteiger partial charge in [0, 0.05) is 0 Å². The van der Waals surface area contributed by atoms with Crippen molar-refractivity contribution in [2.75, 3.05) is 0 Å². The predicted molar refractivity (Wildman–Crippen MR) is 63.0 cm³/mol. The molecular weight excluding hydrogens is 203 g/mol. The largest absolute Gasteiger partial charge is 0.507 e. The van der Waals surface area contributed by atoms with Crippen molar-refractivity contribution in [3.8, 4) is 16.9 Å². The molecular formula is C14H13FO. The summed E-state index contributed by atoms with van der Waals surface area (Å²) in [7, 11) is 0. The maximum atomic E-state index is 12.8. The van der Waals surface area contributed by atoms with E-state index in [1.165, 1.54) is 12.1 Å². The van der Waals surface area contributed by atoms with Crippen molar-refractivity contribution in [1.29, 1.82) is 0 Å². The lowest BCUT2D eigenvalue weighted by atomic mass is 9.98. The minimum absolute atomic E-state index is 0.252. The summed E-state index contributed by atoms with van der Waals surface area (Å²) in [4.78, 5) is 0. The van der Waals surface area contributed by atoms with Crippen molar-refractivity contribution in [2.45, 2.75) is 13.8 Å². The monoisotopic (exact) mass is 216 g/mol. The van der Waals surface area contributed by atoms with Crippen LogP contribution in [0.5, 0.6) is 5.75 Å². The second-order valence-corrected chi connectivity index (χ2v) is 3.91. The molecule has 0 unspecified atom stereocenters. The van der Waals surface area contributed by atoms with Gasteiger partial charge in [0.05, 0.1) is 0 Å². The van der Waals surface area contributed by atoms with Crippen LogP contribution in [0.1, 0.15) is 11.1 Å². The first kappa shape index (κ1) is 10.7. The molecule has 16 heavy (non-hydrogen) atoms. The van der Waals surface area contributed by atoms with Crippen molar-refractivity contribution in [3.63, 3.8) is 0 Å². The number of phenolic OH excluding ortho intramolecular Hbond substituents is 1. The molecule has 0 saturated carbocycles. The normalized spacial score (nSPS) is 10.4. The molecule has 0 aliphatic heterocycles. The zero-order chi connectivity index (χ0) is 11.7. The van der Waals surface area contributed by atoms with E-state index in [4.69, 9.17) is 0 Å². The Morgan fingerprint density at radius 3 is 2.19 bits per heavy atom. The summed E-state index contributed by atoms with van der Waals surface area (Å²) in [6.07, 6.45) is 0. The van der Waals surface area contributed by atoms with Gasteiger partial charge in [0.15, 0.2) is 0 Å². The molecule has 2 rings (SSSR count). The summed E-state index contributed by atoms with van der Waals surface area (Å²) in [5.41, 5.74) is 3.52. The van der Waals surface area contributed by atoms with Crippen LogP contribution in [0.15, 0.2) is 36.4 Å². The molecule has 0 aliphatic carbocycles. The Morgan fingerprint density at radius 2 is 1.56 bits per heavy atom. The van der Waals surface area contributed by atoms with E-state index < -0.39 is 0 Å². The highest BCUT2D eigenvalue weighted by atomic mass is 19.1. The minimum Gasteiger partial charge on any atom is -0.507 e. The molecule has 0 amide bonds. The van der Waals surface area contributed by atoms with Gasteiger partial charge in [0.1, 0.15) is 11.6 Å². The first-order chi connectivity index (χ1) is 7.59. The lowest BCUT2D eigenvalue weighted by Crippen LogP contribution is -1.87. The molecule has 0 aromatic heterocycles. The number of aryl methyl sites for hydroxylation is 1. The van der Waals surface area contributed by atoms with Gasteiger partial charge in [0.25, 0.3) is 0 Å². The van der Waals surface area contributed by atoms with Gasteiger partial charge >= 0.3 is 0 Å². The van der Waals surface area contributed by atoms with Crippen LogP contribution < -0.4 is 0 Å². The van der Waals surface area contributed by atoms with Crippen molar-refractivity contribution in [1.82, 2.24) is 0 Å². The summed E-state index contributed by atoms with van der Waals surface area (Å²) in [6, 6.07) is 10.1. The third kappa shape index (κ3) is 1.78. The van der Waals surface area contributed by atoms with E-state index in [1.807, 2.05) is 26.0 Å². The van der Waals surface area contributed by atoms with Crippen molar-refractivity contribution in [3.05, 3.63) is 53.3 Å². The summed E-state index contributed by atoms with van der Waals surface area (Å²) in [5, 5.41) is 9.83. The third-order valence-corrected chi connectivity index (χ3v) is 2.79. The smallest absolute Gasteiger partial charge is 0.123 e. The topological polar surface area (TPSA) is 20.2 Å². The summed E-state index contributed by atoms with van der Waals surface area (Å²) in [5.74, 6) is 0.0551. The van der Waals surface area contributed by atoms with E-state index in [2.05, 4.69) is 0 Å². The van der Waals surface area contributed by atoms with Gasteiger partial charge in [-0.2, -0.15) is 0 Å². The van der Waals surface area contributed by atoms with Crippen LogP contribution in [0.25, 0.3) is 11.1 Å². The second-order valence-electron chi connectivity index (χ2n) is 3.91. The highest BCUT2D eigenvalue weighted by molar-refractivity contribution is 5.70. The van der Waals surface area contributed by atoms with Crippen LogP contribution in [0.4, 0.5) is 4.39 Å².